The van der Waals surface area contributed by atoms with Crippen molar-refractivity contribution in [3.63, 3.8) is 0 Å². The van der Waals surface area contributed by atoms with Gasteiger partial charge in [-0.15, -0.1) is 0 Å². The average molecular weight is 1120 g/mol. The molecule has 0 aromatic carbocycles. The molecule has 0 spiro atoms. The standard InChI is InChI=1S/C41H78N22O11S2/c1-19(58-36(72)28(59-22(4)64)18-76-75-17-23(42)37(73)74)30(66)56-20(2)32(68)61-26(11-7-15-54-40(48)49)34(70)63-27(12-8-16-55-41(50)51)35(71)62-25(10-6-14-53-39(46)47)33(69)57-21(3)31(67)60-24(29(43)65)9-5-13-52-38(44)45/h19-21,23-28H,5-18,42H2,1-4H3,(H2,43,65)(H,56,66)(H,57,69)(H,58,72)(H,59,64)(H,60,67)(H,61,68)(H,62,71)(H,63,70)(H,73,74)(H4,44,45,52)(H4,46,47,53)(H4,48,49,54)(H4,50,51,55)/t19-,20-,21-,23+,24-,25-,26-,27-,28-/m1/s1. The number of nitrogens with zero attached hydrogens (tertiary/aromatic N) is 4. The zero-order chi connectivity index (χ0) is 58.1. The van der Waals surface area contributed by atoms with Gasteiger partial charge in [0.25, 0.3) is 0 Å². The number of hydrogen-bond donors (Lipinski definition) is 19. The highest BCUT2D eigenvalue weighted by Crippen LogP contribution is 2.23. The second kappa shape index (κ2) is 37.2. The van der Waals surface area contributed by atoms with Crippen LogP contribution in [0.25, 0.3) is 0 Å². The summed E-state index contributed by atoms with van der Waals surface area (Å²) >= 11 is 0. The van der Waals surface area contributed by atoms with Crippen molar-refractivity contribution in [1.29, 1.82) is 0 Å². The molecule has 0 heterocycles. The molecular weight excluding hydrogens is 1040 g/mol. The van der Waals surface area contributed by atoms with Gasteiger partial charge in [-0.1, -0.05) is 21.6 Å². The minimum Gasteiger partial charge on any atom is -0.480 e. The Labute approximate surface area is 447 Å². The van der Waals surface area contributed by atoms with Gasteiger partial charge in [0.05, 0.1) is 0 Å². The second-order valence-electron chi connectivity index (χ2n) is 16.9. The molecule has 33 nitrogen and oxygen atoms in total. The maximum absolute atomic E-state index is 14.2. The first-order valence-corrected chi connectivity index (χ1v) is 26.2. The highest BCUT2D eigenvalue weighted by molar-refractivity contribution is 8.76. The summed E-state index contributed by atoms with van der Waals surface area (Å²) in [6, 6.07) is -11.5. The molecular formula is C41H78N22O11S2. The van der Waals surface area contributed by atoms with Crippen molar-refractivity contribution in [3.8, 4) is 0 Å². The summed E-state index contributed by atoms with van der Waals surface area (Å²) in [7, 11) is 2.13. The Hall–Kier alpha value is -7.56. The lowest BCUT2D eigenvalue weighted by Gasteiger charge is -2.27. The Morgan fingerprint density at radius 2 is 0.684 bits per heavy atom. The monoisotopic (exact) mass is 1120 g/mol. The molecule has 9 atom stereocenters. The first-order valence-electron chi connectivity index (χ1n) is 23.7. The summed E-state index contributed by atoms with van der Waals surface area (Å²) in [5.41, 5.74) is 54.5. The fourth-order valence-corrected chi connectivity index (χ4v) is 8.42. The van der Waals surface area contributed by atoms with Crippen LogP contribution in [-0.4, -0.2) is 180 Å². The lowest BCUT2D eigenvalue weighted by atomic mass is 10.0. The molecule has 0 aromatic heterocycles. The number of carbonyl (C=O) groups excluding carboxylic acids is 9. The van der Waals surface area contributed by atoms with Crippen molar-refractivity contribution in [2.45, 2.75) is 133 Å². The SMILES string of the molecule is CC(=O)N[C@H](CSSC[C@H](N)C(=O)O)C(=O)N[C@H](C)C(=O)N[C@H](C)C(=O)N[C@H](CCCN=C(N)N)C(=O)N[C@H](CCCN=C(N)N)C(=O)N[C@H](CCCN=C(N)N)C(=O)N[C@H](C)C(=O)N[C@H](CCCN=C(N)N)C(N)=O. The number of primary amides is 1. The minimum atomic E-state index is -1.43. The van der Waals surface area contributed by atoms with Gasteiger partial charge < -0.3 is 105 Å². The number of nitrogens with one attached hydrogen (secondary N) is 8. The third-order valence-electron chi connectivity index (χ3n) is 10.2. The molecule has 430 valence electrons. The fourth-order valence-electron chi connectivity index (χ4n) is 6.14. The number of carbonyl (C=O) groups is 10. The third-order valence-corrected chi connectivity index (χ3v) is 12.6. The predicted octanol–water partition coefficient (Wildman–Crippen LogP) is -8.56. The number of hydrogen-bond acceptors (Lipinski definition) is 17. The average Bonchev–Trinajstić information content (AvgIpc) is 3.32. The van der Waals surface area contributed by atoms with Gasteiger partial charge in [0.2, 0.25) is 53.2 Å². The zero-order valence-electron chi connectivity index (χ0n) is 43.0. The number of amides is 9. The van der Waals surface area contributed by atoms with E-state index in [1.54, 1.807) is 0 Å². The van der Waals surface area contributed by atoms with Crippen LogP contribution in [0.3, 0.4) is 0 Å². The van der Waals surface area contributed by atoms with Gasteiger partial charge in [-0.05, 0) is 72.1 Å². The molecule has 35 heteroatoms. The molecule has 0 rings (SSSR count). The summed E-state index contributed by atoms with van der Waals surface area (Å²) in [6.45, 7) is 5.28. The van der Waals surface area contributed by atoms with Crippen LogP contribution in [0.5, 0.6) is 0 Å². The summed E-state index contributed by atoms with van der Waals surface area (Å²) in [4.78, 5) is 146. The highest BCUT2D eigenvalue weighted by atomic mass is 33.1. The maximum atomic E-state index is 14.2. The van der Waals surface area contributed by atoms with Gasteiger partial charge >= 0.3 is 5.97 Å². The molecule has 9 amide bonds. The van der Waals surface area contributed by atoms with Crippen LogP contribution in [0.1, 0.15) is 79.1 Å². The molecule has 0 saturated carbocycles. The van der Waals surface area contributed by atoms with E-state index < -0.39 is 114 Å². The summed E-state index contributed by atoms with van der Waals surface area (Å²) in [5.74, 6) is -9.50. The third kappa shape index (κ3) is 31.2. The second-order valence-corrected chi connectivity index (χ2v) is 19.5. The van der Waals surface area contributed by atoms with Crippen LogP contribution in [0.2, 0.25) is 0 Å². The Balaban J connectivity index is 6.49. The first kappa shape index (κ1) is 68.4. The van der Waals surface area contributed by atoms with Crippen LogP contribution < -0.4 is 99.9 Å². The van der Waals surface area contributed by atoms with Gasteiger partial charge in [-0.2, -0.15) is 0 Å². The van der Waals surface area contributed by atoms with E-state index in [2.05, 4.69) is 62.5 Å². The topological polar surface area (TPSA) is 597 Å². The molecule has 76 heavy (non-hydrogen) atoms. The zero-order valence-corrected chi connectivity index (χ0v) is 44.6. The Kier molecular flexibility index (Phi) is 33.5. The van der Waals surface area contributed by atoms with Crippen LogP contribution in [0.15, 0.2) is 20.0 Å². The van der Waals surface area contributed by atoms with E-state index in [0.717, 1.165) is 21.6 Å². The molecule has 0 unspecified atom stereocenters. The van der Waals surface area contributed by atoms with Crippen molar-refractivity contribution in [2.24, 2.45) is 77.3 Å². The Morgan fingerprint density at radius 3 is 1.01 bits per heavy atom. The Bertz CT molecular complexity index is 2080. The first-order chi connectivity index (χ1) is 35.5. The van der Waals surface area contributed by atoms with E-state index in [-0.39, 0.29) is 113 Å². The quantitative estimate of drug-likeness (QED) is 0.0118. The number of aliphatic carboxylic acids is 1. The van der Waals surface area contributed by atoms with E-state index in [0.29, 0.717) is 0 Å². The number of rotatable bonds is 38. The van der Waals surface area contributed by atoms with E-state index in [4.69, 9.17) is 62.4 Å². The van der Waals surface area contributed by atoms with Crippen LogP contribution >= 0.6 is 21.6 Å². The van der Waals surface area contributed by atoms with E-state index in [1.807, 2.05) is 0 Å². The number of aliphatic imine (C=N–C) groups is 4. The predicted molar refractivity (Wildman–Crippen MR) is 288 cm³/mol. The number of nitrogens with two attached hydrogens (primary N) is 10. The molecule has 0 bridgehead atoms. The van der Waals surface area contributed by atoms with E-state index in [9.17, 15) is 47.9 Å². The van der Waals surface area contributed by atoms with Gasteiger partial charge in [-0.3, -0.25) is 67.9 Å². The lowest BCUT2D eigenvalue weighted by Crippen LogP contribution is -2.59. The molecule has 0 saturated heterocycles. The Morgan fingerprint density at radius 1 is 0.408 bits per heavy atom. The summed E-state index contributed by atoms with van der Waals surface area (Å²) < 4.78 is 0. The minimum absolute atomic E-state index is 0.00208. The smallest absolute Gasteiger partial charge is 0.321 e. The van der Waals surface area contributed by atoms with Gasteiger partial charge in [0.15, 0.2) is 23.8 Å². The molecule has 0 aliphatic carbocycles. The number of guanidine groups is 4. The maximum Gasteiger partial charge on any atom is 0.321 e. The molecule has 0 aliphatic rings. The van der Waals surface area contributed by atoms with Crippen molar-refractivity contribution in [3.05, 3.63) is 0 Å². The largest absolute Gasteiger partial charge is 0.480 e. The lowest BCUT2D eigenvalue weighted by molar-refractivity contribution is -0.138. The molecule has 0 aliphatic heterocycles. The molecule has 29 N–H and O–H groups in total. The van der Waals surface area contributed by atoms with Crippen molar-refractivity contribution in [1.82, 2.24) is 42.5 Å². The van der Waals surface area contributed by atoms with E-state index >= 15 is 0 Å². The van der Waals surface area contributed by atoms with Crippen molar-refractivity contribution in [2.75, 3.05) is 37.7 Å². The van der Waals surface area contributed by atoms with Crippen LogP contribution in [-0.2, 0) is 47.9 Å². The van der Waals surface area contributed by atoms with E-state index in [1.165, 1.54) is 27.7 Å². The van der Waals surface area contributed by atoms with Gasteiger partial charge in [0.1, 0.15) is 54.4 Å². The fraction of sp³-hybridized carbons (Fsp3) is 0.659. The highest BCUT2D eigenvalue weighted by Gasteiger charge is 2.33. The summed E-state index contributed by atoms with van der Waals surface area (Å²) in [6.07, 6.45) is 0.345. The normalized spacial score (nSPS) is 14.2. The van der Waals surface area contributed by atoms with Gasteiger partial charge in [0, 0.05) is 44.6 Å². The molecule has 0 fully saturated rings. The molecule has 0 aromatic rings. The summed E-state index contributed by atoms with van der Waals surface area (Å²) in [5, 5.41) is 29.0. The van der Waals surface area contributed by atoms with Crippen molar-refractivity contribution >= 4 is 105 Å². The number of carboxylic acids is 1. The van der Waals surface area contributed by atoms with Crippen molar-refractivity contribution < 1.29 is 53.1 Å². The number of carboxylic acid groups (broad SMARTS) is 1. The van der Waals surface area contributed by atoms with Gasteiger partial charge in [-0.25, -0.2) is 0 Å². The van der Waals surface area contributed by atoms with Crippen LogP contribution in [0, 0.1) is 0 Å². The molecule has 0 radical (unpaired) electrons. The van der Waals surface area contributed by atoms with Crippen LogP contribution in [0.4, 0.5) is 0 Å².